The lowest BCUT2D eigenvalue weighted by molar-refractivity contribution is 0.275. The molecule has 3 rings (SSSR count). The molecular formula is C17H18ClNO. The minimum Gasteiger partial charge on any atom is -0.491 e. The highest BCUT2D eigenvalue weighted by Crippen LogP contribution is 2.33. The summed E-state index contributed by atoms with van der Waals surface area (Å²) < 4.78 is 5.90. The van der Waals surface area contributed by atoms with E-state index >= 15 is 0 Å². The van der Waals surface area contributed by atoms with Crippen molar-refractivity contribution in [3.63, 3.8) is 0 Å². The number of nitrogens with two attached hydrogens (primary N) is 1. The number of halogens is 1. The summed E-state index contributed by atoms with van der Waals surface area (Å²) in [7, 11) is 0. The zero-order valence-electron chi connectivity index (χ0n) is 11.3. The third-order valence-corrected chi connectivity index (χ3v) is 4.20. The fraction of sp³-hybridized carbons (Fsp3) is 0.294. The fourth-order valence-corrected chi connectivity index (χ4v) is 3.02. The van der Waals surface area contributed by atoms with E-state index < -0.39 is 0 Å². The first-order chi connectivity index (χ1) is 9.74. The normalized spacial score (nSPS) is 17.6. The Morgan fingerprint density at radius 1 is 1.20 bits per heavy atom. The molecule has 0 saturated heterocycles. The van der Waals surface area contributed by atoms with E-state index in [1.54, 1.807) is 18.2 Å². The molecule has 3 heteroatoms. The number of benzene rings is 2. The maximum Gasteiger partial charge on any atom is 0.139 e. The number of hydrogen-bond acceptors (Lipinski definition) is 2. The first-order valence-electron chi connectivity index (χ1n) is 6.99. The number of nitrogen functional groups attached to an aromatic ring is 1. The SMILES string of the molecule is Nc1ccc(Cl)c(OCC2CCCc3ccccc32)c1. The Balaban J connectivity index is 1.75. The van der Waals surface area contributed by atoms with E-state index in [4.69, 9.17) is 22.1 Å². The smallest absolute Gasteiger partial charge is 0.139 e. The molecule has 1 aliphatic carbocycles. The minimum absolute atomic E-state index is 0.442. The van der Waals surface area contributed by atoms with Crippen molar-refractivity contribution in [3.05, 3.63) is 58.6 Å². The maximum atomic E-state index is 6.13. The lowest BCUT2D eigenvalue weighted by atomic mass is 9.83. The zero-order valence-corrected chi connectivity index (χ0v) is 12.1. The molecule has 1 unspecified atom stereocenters. The van der Waals surface area contributed by atoms with Crippen molar-refractivity contribution >= 4 is 17.3 Å². The lowest BCUT2D eigenvalue weighted by Crippen LogP contribution is -2.16. The van der Waals surface area contributed by atoms with E-state index in [0.29, 0.717) is 29.0 Å². The summed E-state index contributed by atoms with van der Waals surface area (Å²) in [5.41, 5.74) is 9.31. The lowest BCUT2D eigenvalue weighted by Gasteiger charge is -2.25. The van der Waals surface area contributed by atoms with Crippen LogP contribution in [0.2, 0.25) is 5.02 Å². The Bertz CT molecular complexity index is 612. The summed E-state index contributed by atoms with van der Waals surface area (Å²) in [6.45, 7) is 0.653. The van der Waals surface area contributed by atoms with Gasteiger partial charge in [0.1, 0.15) is 5.75 Å². The number of fused-ring (bicyclic) bond motifs is 1. The van der Waals surface area contributed by atoms with Crippen molar-refractivity contribution in [2.24, 2.45) is 0 Å². The highest BCUT2D eigenvalue weighted by atomic mass is 35.5. The van der Waals surface area contributed by atoms with Gasteiger partial charge in [0.25, 0.3) is 0 Å². The van der Waals surface area contributed by atoms with Gasteiger partial charge in [0, 0.05) is 17.7 Å². The van der Waals surface area contributed by atoms with Crippen LogP contribution in [0.3, 0.4) is 0 Å². The van der Waals surface area contributed by atoms with E-state index in [-0.39, 0.29) is 0 Å². The molecule has 20 heavy (non-hydrogen) atoms. The molecule has 1 aliphatic rings. The molecule has 2 nitrogen and oxygen atoms in total. The third-order valence-electron chi connectivity index (χ3n) is 3.89. The second-order valence-electron chi connectivity index (χ2n) is 5.29. The first-order valence-corrected chi connectivity index (χ1v) is 7.37. The van der Waals surface area contributed by atoms with Crippen molar-refractivity contribution in [1.29, 1.82) is 0 Å². The minimum atomic E-state index is 0.442. The van der Waals surface area contributed by atoms with Crippen molar-refractivity contribution in [1.82, 2.24) is 0 Å². The predicted octanol–water partition coefficient (Wildman–Crippen LogP) is 4.42. The molecule has 2 N–H and O–H groups in total. The Hall–Kier alpha value is -1.67. The van der Waals surface area contributed by atoms with Crippen molar-refractivity contribution < 1.29 is 4.74 Å². The molecule has 0 aliphatic heterocycles. The number of hydrogen-bond donors (Lipinski definition) is 1. The summed E-state index contributed by atoms with van der Waals surface area (Å²) in [4.78, 5) is 0. The van der Waals surface area contributed by atoms with Gasteiger partial charge in [-0.25, -0.2) is 0 Å². The number of ether oxygens (including phenoxy) is 1. The van der Waals surface area contributed by atoms with E-state index in [2.05, 4.69) is 24.3 Å². The molecule has 0 heterocycles. The number of anilines is 1. The van der Waals surface area contributed by atoms with Crippen LogP contribution in [0.1, 0.15) is 29.9 Å². The second-order valence-corrected chi connectivity index (χ2v) is 5.70. The predicted molar refractivity (Wildman–Crippen MR) is 83.5 cm³/mol. The van der Waals surface area contributed by atoms with Crippen LogP contribution >= 0.6 is 11.6 Å². The zero-order chi connectivity index (χ0) is 13.9. The maximum absolute atomic E-state index is 6.13. The highest BCUT2D eigenvalue weighted by molar-refractivity contribution is 6.32. The van der Waals surface area contributed by atoms with Crippen LogP contribution in [0, 0.1) is 0 Å². The molecule has 0 aromatic heterocycles. The van der Waals surface area contributed by atoms with E-state index in [0.717, 1.165) is 6.42 Å². The van der Waals surface area contributed by atoms with Gasteiger partial charge in [-0.05, 0) is 42.5 Å². The van der Waals surface area contributed by atoms with E-state index in [9.17, 15) is 0 Å². The van der Waals surface area contributed by atoms with Gasteiger partial charge in [0.05, 0.1) is 11.6 Å². The molecule has 1 atom stereocenters. The second kappa shape index (κ2) is 5.76. The van der Waals surface area contributed by atoms with Gasteiger partial charge < -0.3 is 10.5 Å². The topological polar surface area (TPSA) is 35.2 Å². The summed E-state index contributed by atoms with van der Waals surface area (Å²) in [5, 5.41) is 0.614. The Kier molecular flexibility index (Phi) is 3.83. The van der Waals surface area contributed by atoms with Crippen molar-refractivity contribution in [3.8, 4) is 5.75 Å². The quantitative estimate of drug-likeness (QED) is 0.848. The molecule has 0 fully saturated rings. The fourth-order valence-electron chi connectivity index (χ4n) is 2.85. The molecule has 2 aromatic rings. The molecule has 104 valence electrons. The summed E-state index contributed by atoms with van der Waals surface area (Å²) in [6.07, 6.45) is 3.55. The van der Waals surface area contributed by atoms with Gasteiger partial charge >= 0.3 is 0 Å². The van der Waals surface area contributed by atoms with E-state index in [1.165, 1.54) is 24.0 Å². The standard InChI is InChI=1S/C17H18ClNO/c18-16-9-8-14(19)10-17(16)20-11-13-6-3-5-12-4-1-2-7-15(12)13/h1-2,4,7-10,13H,3,5-6,11,19H2. The van der Waals surface area contributed by atoms with Crippen molar-refractivity contribution in [2.45, 2.75) is 25.2 Å². The van der Waals surface area contributed by atoms with Gasteiger partial charge in [0.2, 0.25) is 0 Å². The van der Waals surface area contributed by atoms with Gasteiger partial charge in [-0.15, -0.1) is 0 Å². The Morgan fingerprint density at radius 2 is 2.05 bits per heavy atom. The van der Waals surface area contributed by atoms with Crippen LogP contribution in [0.15, 0.2) is 42.5 Å². The van der Waals surface area contributed by atoms with E-state index in [1.807, 2.05) is 0 Å². The van der Waals surface area contributed by atoms with Crippen LogP contribution in [0.4, 0.5) is 5.69 Å². The number of rotatable bonds is 3. The molecule has 2 aromatic carbocycles. The van der Waals surface area contributed by atoms with Gasteiger partial charge in [-0.3, -0.25) is 0 Å². The molecule has 0 spiro atoms. The Labute approximate surface area is 124 Å². The average molecular weight is 288 g/mol. The number of aryl methyl sites for hydroxylation is 1. The monoisotopic (exact) mass is 287 g/mol. The molecule has 0 bridgehead atoms. The third kappa shape index (κ3) is 2.75. The molecule has 0 saturated carbocycles. The summed E-state index contributed by atoms with van der Waals surface area (Å²) >= 11 is 6.13. The average Bonchev–Trinajstić information content (AvgIpc) is 2.48. The van der Waals surface area contributed by atoms with Crippen LogP contribution < -0.4 is 10.5 Å². The van der Waals surface area contributed by atoms with Crippen molar-refractivity contribution in [2.75, 3.05) is 12.3 Å². The Morgan fingerprint density at radius 3 is 2.95 bits per heavy atom. The van der Waals surface area contributed by atoms with Gasteiger partial charge in [-0.2, -0.15) is 0 Å². The summed E-state index contributed by atoms with van der Waals surface area (Å²) in [6, 6.07) is 14.0. The molecular weight excluding hydrogens is 270 g/mol. The first kappa shape index (κ1) is 13.3. The van der Waals surface area contributed by atoms with Crippen LogP contribution in [0.25, 0.3) is 0 Å². The largest absolute Gasteiger partial charge is 0.491 e. The molecule has 0 radical (unpaired) electrons. The summed E-state index contributed by atoms with van der Waals surface area (Å²) in [5.74, 6) is 1.12. The molecule has 0 amide bonds. The van der Waals surface area contributed by atoms with Crippen LogP contribution in [-0.2, 0) is 6.42 Å². The van der Waals surface area contributed by atoms with Gasteiger partial charge in [0.15, 0.2) is 0 Å². The van der Waals surface area contributed by atoms with Crippen LogP contribution in [0.5, 0.6) is 5.75 Å². The van der Waals surface area contributed by atoms with Gasteiger partial charge in [-0.1, -0.05) is 35.9 Å². The highest BCUT2D eigenvalue weighted by Gasteiger charge is 2.20. The van der Waals surface area contributed by atoms with Crippen LogP contribution in [-0.4, -0.2) is 6.61 Å².